The van der Waals surface area contributed by atoms with Crippen molar-refractivity contribution in [2.75, 3.05) is 36.8 Å². The van der Waals surface area contributed by atoms with Crippen LogP contribution in [0.5, 0.6) is 0 Å². The number of alkyl halides is 1. The van der Waals surface area contributed by atoms with Gasteiger partial charge in [-0.2, -0.15) is 4.98 Å². The fourth-order valence-electron chi connectivity index (χ4n) is 4.43. The molecule has 9 heteroatoms. The van der Waals surface area contributed by atoms with Gasteiger partial charge in [-0.25, -0.2) is 9.18 Å². The standard InChI is InChI=1S/C26H30FN5O3/c1-26(2,3)34-25(33)31-10-8-16-4-5-18(12-17(16)9-11-31)23-29-24(35-30-23)19-6-7-22(21(28)13-19)32-14-20(27)15-32/h4-7,12-13,20H,8-11,14-15,28H2,1-3H3. The molecule has 0 atom stereocenters. The van der Waals surface area contributed by atoms with Crippen molar-refractivity contribution in [1.82, 2.24) is 15.0 Å². The van der Waals surface area contributed by atoms with E-state index in [4.69, 9.17) is 15.0 Å². The van der Waals surface area contributed by atoms with Crippen molar-refractivity contribution in [2.45, 2.75) is 45.4 Å². The van der Waals surface area contributed by atoms with Crippen molar-refractivity contribution < 1.29 is 18.4 Å². The maximum atomic E-state index is 13.2. The van der Waals surface area contributed by atoms with Crippen molar-refractivity contribution in [3.05, 3.63) is 47.5 Å². The number of amides is 1. The van der Waals surface area contributed by atoms with Crippen LogP contribution >= 0.6 is 0 Å². The lowest BCUT2D eigenvalue weighted by molar-refractivity contribution is 0.0258. The Labute approximate surface area is 203 Å². The zero-order chi connectivity index (χ0) is 24.7. The smallest absolute Gasteiger partial charge is 0.410 e. The van der Waals surface area contributed by atoms with E-state index >= 15 is 0 Å². The summed E-state index contributed by atoms with van der Waals surface area (Å²) in [6.45, 7) is 7.56. The minimum Gasteiger partial charge on any atom is -0.444 e. The summed E-state index contributed by atoms with van der Waals surface area (Å²) in [4.78, 5) is 20.7. The van der Waals surface area contributed by atoms with E-state index in [2.05, 4.69) is 22.3 Å². The minimum absolute atomic E-state index is 0.280. The Morgan fingerprint density at radius 2 is 1.80 bits per heavy atom. The van der Waals surface area contributed by atoms with E-state index in [9.17, 15) is 9.18 Å². The molecule has 184 valence electrons. The van der Waals surface area contributed by atoms with Gasteiger partial charge in [-0.1, -0.05) is 17.3 Å². The van der Waals surface area contributed by atoms with E-state index in [-0.39, 0.29) is 6.09 Å². The number of hydrogen-bond donors (Lipinski definition) is 1. The van der Waals surface area contributed by atoms with Gasteiger partial charge in [-0.15, -0.1) is 0 Å². The van der Waals surface area contributed by atoms with Gasteiger partial charge < -0.3 is 24.8 Å². The topological polar surface area (TPSA) is 97.7 Å². The van der Waals surface area contributed by atoms with Gasteiger partial charge in [0, 0.05) is 24.2 Å². The number of fused-ring (bicyclic) bond motifs is 1. The molecule has 2 aliphatic heterocycles. The van der Waals surface area contributed by atoms with Crippen molar-refractivity contribution >= 4 is 17.5 Å². The Balaban J connectivity index is 1.30. The number of nitrogen functional groups attached to an aromatic ring is 1. The Bertz CT molecular complexity index is 1250. The largest absolute Gasteiger partial charge is 0.444 e. The third-order valence-electron chi connectivity index (χ3n) is 6.30. The lowest BCUT2D eigenvalue weighted by atomic mass is 10.00. The van der Waals surface area contributed by atoms with Crippen LogP contribution in [0.25, 0.3) is 22.8 Å². The summed E-state index contributed by atoms with van der Waals surface area (Å²) in [6.07, 6.45) is 0.408. The monoisotopic (exact) mass is 479 g/mol. The average molecular weight is 480 g/mol. The first-order chi connectivity index (χ1) is 16.7. The zero-order valence-electron chi connectivity index (χ0n) is 20.3. The van der Waals surface area contributed by atoms with Crippen molar-refractivity contribution in [3.8, 4) is 22.8 Å². The number of aromatic nitrogens is 2. The highest BCUT2D eigenvalue weighted by molar-refractivity contribution is 5.75. The van der Waals surface area contributed by atoms with Crippen molar-refractivity contribution in [3.63, 3.8) is 0 Å². The molecule has 2 aliphatic rings. The highest BCUT2D eigenvalue weighted by Crippen LogP contribution is 2.33. The minimum atomic E-state index is -0.797. The van der Waals surface area contributed by atoms with Crippen molar-refractivity contribution in [2.24, 2.45) is 0 Å². The lowest BCUT2D eigenvalue weighted by Gasteiger charge is -2.37. The summed E-state index contributed by atoms with van der Waals surface area (Å²) in [5.74, 6) is 0.859. The second-order valence-electron chi connectivity index (χ2n) is 10.1. The first kappa shape index (κ1) is 23.1. The molecule has 0 saturated carbocycles. The van der Waals surface area contributed by atoms with Crippen LogP contribution in [0.1, 0.15) is 31.9 Å². The molecule has 8 nitrogen and oxygen atoms in total. The third-order valence-corrected chi connectivity index (χ3v) is 6.30. The molecule has 0 aliphatic carbocycles. The van der Waals surface area contributed by atoms with Crippen LogP contribution < -0.4 is 10.6 Å². The number of carbonyl (C=O) groups excluding carboxylic acids is 1. The molecule has 1 saturated heterocycles. The summed E-state index contributed by atoms with van der Waals surface area (Å²) in [7, 11) is 0. The molecule has 2 aromatic carbocycles. The maximum absolute atomic E-state index is 13.2. The summed E-state index contributed by atoms with van der Waals surface area (Å²) in [5, 5.41) is 4.17. The predicted octanol–water partition coefficient (Wildman–Crippen LogP) is 4.48. The van der Waals surface area contributed by atoms with Crippen LogP contribution in [0.3, 0.4) is 0 Å². The molecular formula is C26H30FN5O3. The average Bonchev–Trinajstić information content (AvgIpc) is 3.17. The molecule has 2 N–H and O–H groups in total. The van der Waals surface area contributed by atoms with Crippen LogP contribution in [0, 0.1) is 0 Å². The van der Waals surface area contributed by atoms with Gasteiger partial charge in [-0.05, 0) is 69.0 Å². The molecule has 1 fully saturated rings. The first-order valence-electron chi connectivity index (χ1n) is 11.9. The summed E-state index contributed by atoms with van der Waals surface area (Å²) in [5.41, 5.74) is 11.0. The Morgan fingerprint density at radius 1 is 1.09 bits per heavy atom. The van der Waals surface area contributed by atoms with Crippen LogP contribution in [-0.4, -0.2) is 59.1 Å². The number of ether oxygens (including phenoxy) is 1. The van der Waals surface area contributed by atoms with E-state index in [0.29, 0.717) is 49.1 Å². The number of halogens is 1. The van der Waals surface area contributed by atoms with Crippen LogP contribution in [0.4, 0.5) is 20.6 Å². The molecule has 1 aromatic heterocycles. The summed E-state index contributed by atoms with van der Waals surface area (Å²) < 4.78 is 24.3. The van der Waals surface area contributed by atoms with Gasteiger partial charge in [0.05, 0.1) is 24.5 Å². The van der Waals surface area contributed by atoms with E-state index in [1.807, 2.05) is 43.9 Å². The SMILES string of the molecule is CC(C)(C)OC(=O)N1CCc2ccc(-c3noc(-c4ccc(N5CC(F)C5)c(N)c4)n3)cc2CC1. The summed E-state index contributed by atoms with van der Waals surface area (Å²) in [6, 6.07) is 11.6. The molecule has 5 rings (SSSR count). The third kappa shape index (κ3) is 4.94. The molecule has 0 radical (unpaired) electrons. The fraction of sp³-hybridized carbons (Fsp3) is 0.423. The predicted molar refractivity (Wildman–Crippen MR) is 132 cm³/mol. The molecule has 3 heterocycles. The second kappa shape index (κ2) is 8.87. The quantitative estimate of drug-likeness (QED) is 0.553. The second-order valence-corrected chi connectivity index (χ2v) is 10.1. The molecule has 1 amide bonds. The zero-order valence-corrected chi connectivity index (χ0v) is 20.3. The van der Waals surface area contributed by atoms with E-state index in [0.717, 1.165) is 29.7 Å². The number of hydrogen-bond acceptors (Lipinski definition) is 7. The van der Waals surface area contributed by atoms with Gasteiger partial charge in [0.15, 0.2) is 0 Å². The molecular weight excluding hydrogens is 449 g/mol. The lowest BCUT2D eigenvalue weighted by Crippen LogP contribution is -2.48. The molecule has 0 spiro atoms. The fourth-order valence-corrected chi connectivity index (χ4v) is 4.43. The number of carbonyl (C=O) groups is 1. The van der Waals surface area contributed by atoms with Gasteiger partial charge in [0.1, 0.15) is 11.8 Å². The number of rotatable bonds is 3. The number of nitrogens with two attached hydrogens (primary N) is 1. The van der Waals surface area contributed by atoms with Gasteiger partial charge in [-0.3, -0.25) is 0 Å². The Morgan fingerprint density at radius 3 is 2.49 bits per heavy atom. The van der Waals surface area contributed by atoms with Crippen molar-refractivity contribution in [1.29, 1.82) is 0 Å². The highest BCUT2D eigenvalue weighted by Gasteiger charge is 2.28. The maximum Gasteiger partial charge on any atom is 0.410 e. The van der Waals surface area contributed by atoms with Crippen LogP contribution in [0.15, 0.2) is 40.9 Å². The first-order valence-corrected chi connectivity index (χ1v) is 11.9. The Kier molecular flexibility index (Phi) is 5.86. The highest BCUT2D eigenvalue weighted by atomic mass is 19.1. The van der Waals surface area contributed by atoms with E-state index in [1.165, 1.54) is 5.56 Å². The molecule has 35 heavy (non-hydrogen) atoms. The normalized spacial score (nSPS) is 16.5. The molecule has 3 aromatic rings. The van der Waals surface area contributed by atoms with Crippen LogP contribution in [0.2, 0.25) is 0 Å². The Hall–Kier alpha value is -3.62. The van der Waals surface area contributed by atoms with E-state index < -0.39 is 11.8 Å². The van der Waals surface area contributed by atoms with Gasteiger partial charge >= 0.3 is 6.09 Å². The molecule has 0 unspecified atom stereocenters. The summed E-state index contributed by atoms with van der Waals surface area (Å²) >= 11 is 0. The number of anilines is 2. The number of nitrogens with zero attached hydrogens (tertiary/aromatic N) is 4. The van der Waals surface area contributed by atoms with E-state index in [1.54, 1.807) is 11.0 Å². The van der Waals surface area contributed by atoms with Gasteiger partial charge in [0.25, 0.3) is 5.89 Å². The van der Waals surface area contributed by atoms with Gasteiger partial charge in [0.2, 0.25) is 5.82 Å². The number of benzene rings is 2. The van der Waals surface area contributed by atoms with Crippen LogP contribution in [-0.2, 0) is 17.6 Å². The molecule has 0 bridgehead atoms.